The number of nitrogens with zero attached hydrogens (tertiary/aromatic N) is 1. The van der Waals surface area contributed by atoms with Crippen LogP contribution in [0.5, 0.6) is 0 Å². The highest BCUT2D eigenvalue weighted by Gasteiger charge is 2.14. The SMILES string of the molecule is C[C@H](CN(C)Cc1ccccc1)OC(=O)c1cccs1. The zero-order valence-corrected chi connectivity index (χ0v) is 12.6. The minimum absolute atomic E-state index is 0.127. The van der Waals surface area contributed by atoms with E-state index < -0.39 is 0 Å². The van der Waals surface area contributed by atoms with Gasteiger partial charge in [0.05, 0.1) is 0 Å². The molecule has 0 saturated carbocycles. The zero-order valence-electron chi connectivity index (χ0n) is 11.8. The minimum Gasteiger partial charge on any atom is -0.457 e. The lowest BCUT2D eigenvalue weighted by molar-refractivity contribution is 0.0273. The van der Waals surface area contributed by atoms with Crippen LogP contribution in [-0.4, -0.2) is 30.6 Å². The van der Waals surface area contributed by atoms with Gasteiger partial charge in [-0.3, -0.25) is 4.90 Å². The molecule has 0 aliphatic rings. The van der Waals surface area contributed by atoms with E-state index in [1.165, 1.54) is 16.9 Å². The highest BCUT2D eigenvalue weighted by atomic mass is 32.1. The molecule has 0 saturated heterocycles. The molecule has 3 nitrogen and oxygen atoms in total. The number of likely N-dealkylation sites (N-methyl/N-ethyl adjacent to an activating group) is 1. The molecular formula is C16H19NO2S. The highest BCUT2D eigenvalue weighted by molar-refractivity contribution is 7.11. The van der Waals surface area contributed by atoms with Crippen LogP contribution in [0.2, 0.25) is 0 Å². The smallest absolute Gasteiger partial charge is 0.348 e. The van der Waals surface area contributed by atoms with E-state index in [0.29, 0.717) is 11.4 Å². The molecule has 106 valence electrons. The Morgan fingerprint density at radius 1 is 1.25 bits per heavy atom. The Labute approximate surface area is 123 Å². The third kappa shape index (κ3) is 4.47. The fourth-order valence-corrected chi connectivity index (χ4v) is 2.68. The van der Waals surface area contributed by atoms with Gasteiger partial charge in [-0.25, -0.2) is 4.79 Å². The predicted octanol–water partition coefficient (Wildman–Crippen LogP) is 3.43. The van der Waals surface area contributed by atoms with E-state index in [1.54, 1.807) is 6.07 Å². The van der Waals surface area contributed by atoms with Gasteiger partial charge < -0.3 is 4.74 Å². The largest absolute Gasteiger partial charge is 0.457 e. The van der Waals surface area contributed by atoms with Gasteiger partial charge in [-0.2, -0.15) is 0 Å². The summed E-state index contributed by atoms with van der Waals surface area (Å²) in [5, 5.41) is 1.88. The van der Waals surface area contributed by atoms with Crippen LogP contribution in [0.3, 0.4) is 0 Å². The highest BCUT2D eigenvalue weighted by Crippen LogP contribution is 2.12. The lowest BCUT2D eigenvalue weighted by Crippen LogP contribution is -2.30. The van der Waals surface area contributed by atoms with Gasteiger partial charge in [0.15, 0.2) is 0 Å². The Morgan fingerprint density at radius 3 is 2.65 bits per heavy atom. The number of carbonyl (C=O) groups is 1. The molecule has 0 amide bonds. The maximum atomic E-state index is 11.8. The Bertz CT molecular complexity index is 525. The van der Waals surface area contributed by atoms with E-state index in [9.17, 15) is 4.79 Å². The van der Waals surface area contributed by atoms with Crippen LogP contribution in [0.25, 0.3) is 0 Å². The third-order valence-corrected chi connectivity index (χ3v) is 3.74. The van der Waals surface area contributed by atoms with Crippen molar-refractivity contribution in [2.45, 2.75) is 19.6 Å². The van der Waals surface area contributed by atoms with E-state index in [-0.39, 0.29) is 12.1 Å². The van der Waals surface area contributed by atoms with E-state index in [2.05, 4.69) is 17.0 Å². The zero-order chi connectivity index (χ0) is 14.4. The summed E-state index contributed by atoms with van der Waals surface area (Å²) >= 11 is 1.41. The minimum atomic E-state index is -0.236. The fraction of sp³-hybridized carbons (Fsp3) is 0.312. The van der Waals surface area contributed by atoms with Crippen molar-refractivity contribution in [3.63, 3.8) is 0 Å². The molecule has 0 unspecified atom stereocenters. The lowest BCUT2D eigenvalue weighted by atomic mass is 10.2. The summed E-state index contributed by atoms with van der Waals surface area (Å²) in [7, 11) is 2.03. The fourth-order valence-electron chi connectivity index (χ4n) is 2.07. The average Bonchev–Trinajstić information content (AvgIpc) is 2.93. The van der Waals surface area contributed by atoms with Gasteiger partial charge in [-0.15, -0.1) is 11.3 Å². The first-order valence-corrected chi connectivity index (χ1v) is 7.50. The van der Waals surface area contributed by atoms with E-state index in [4.69, 9.17) is 4.74 Å². The van der Waals surface area contributed by atoms with Gasteiger partial charge in [-0.05, 0) is 31.0 Å². The van der Waals surface area contributed by atoms with Crippen molar-refractivity contribution in [3.8, 4) is 0 Å². The van der Waals surface area contributed by atoms with E-state index in [1.807, 2.05) is 43.6 Å². The van der Waals surface area contributed by atoms with Crippen LogP contribution in [0.1, 0.15) is 22.2 Å². The van der Waals surface area contributed by atoms with Crippen LogP contribution in [-0.2, 0) is 11.3 Å². The summed E-state index contributed by atoms with van der Waals surface area (Å²) in [5.41, 5.74) is 1.26. The molecule has 2 rings (SSSR count). The van der Waals surface area contributed by atoms with Gasteiger partial charge in [0.25, 0.3) is 0 Å². The van der Waals surface area contributed by atoms with Gasteiger partial charge >= 0.3 is 5.97 Å². The molecule has 4 heteroatoms. The number of hydrogen-bond donors (Lipinski definition) is 0. The molecule has 0 spiro atoms. The number of esters is 1. The normalized spacial score (nSPS) is 12.3. The summed E-state index contributed by atoms with van der Waals surface area (Å²) < 4.78 is 5.43. The van der Waals surface area contributed by atoms with Crippen LogP contribution in [0.15, 0.2) is 47.8 Å². The van der Waals surface area contributed by atoms with Crippen LogP contribution >= 0.6 is 11.3 Å². The van der Waals surface area contributed by atoms with Crippen LogP contribution in [0.4, 0.5) is 0 Å². The monoisotopic (exact) mass is 289 g/mol. The number of rotatable bonds is 6. The van der Waals surface area contributed by atoms with Crippen LogP contribution in [0, 0.1) is 0 Å². The average molecular weight is 289 g/mol. The second-order valence-corrected chi connectivity index (χ2v) is 5.82. The van der Waals surface area contributed by atoms with Crippen LogP contribution < -0.4 is 0 Å². The van der Waals surface area contributed by atoms with Crippen molar-refractivity contribution in [1.29, 1.82) is 0 Å². The molecule has 1 aromatic heterocycles. The Balaban J connectivity index is 1.79. The Kier molecular flexibility index (Phi) is 5.32. The lowest BCUT2D eigenvalue weighted by Gasteiger charge is -2.21. The number of carbonyl (C=O) groups excluding carboxylic acids is 1. The Hall–Kier alpha value is -1.65. The maximum Gasteiger partial charge on any atom is 0.348 e. The number of thiophene rings is 1. The third-order valence-electron chi connectivity index (χ3n) is 2.89. The first-order valence-electron chi connectivity index (χ1n) is 6.62. The molecule has 0 N–H and O–H groups in total. The topological polar surface area (TPSA) is 29.5 Å². The summed E-state index contributed by atoms with van der Waals surface area (Å²) in [6, 6.07) is 13.9. The van der Waals surface area contributed by atoms with E-state index in [0.717, 1.165) is 6.54 Å². The first-order chi connectivity index (χ1) is 9.65. The second-order valence-electron chi connectivity index (χ2n) is 4.88. The van der Waals surface area contributed by atoms with Crippen molar-refractivity contribution in [3.05, 3.63) is 58.3 Å². The molecule has 0 bridgehead atoms. The summed E-state index contributed by atoms with van der Waals surface area (Å²) in [6.45, 7) is 3.49. The standard InChI is InChI=1S/C16H19NO2S/c1-13(19-16(18)15-9-6-10-20-15)11-17(2)12-14-7-4-3-5-8-14/h3-10,13H,11-12H2,1-2H3/t13-/m1/s1. The Morgan fingerprint density at radius 2 is 2.00 bits per heavy atom. The molecule has 0 fully saturated rings. The van der Waals surface area contributed by atoms with E-state index >= 15 is 0 Å². The van der Waals surface area contributed by atoms with Gasteiger partial charge in [0, 0.05) is 13.1 Å². The number of benzene rings is 1. The molecular weight excluding hydrogens is 270 g/mol. The van der Waals surface area contributed by atoms with Gasteiger partial charge in [0.1, 0.15) is 11.0 Å². The van der Waals surface area contributed by atoms with Crippen molar-refractivity contribution in [1.82, 2.24) is 4.90 Å². The molecule has 1 aromatic carbocycles. The van der Waals surface area contributed by atoms with Crippen molar-refractivity contribution < 1.29 is 9.53 Å². The molecule has 1 atom stereocenters. The van der Waals surface area contributed by atoms with Gasteiger partial charge in [0.2, 0.25) is 0 Å². The maximum absolute atomic E-state index is 11.8. The predicted molar refractivity (Wildman–Crippen MR) is 82.0 cm³/mol. The molecule has 2 aromatic rings. The number of ether oxygens (including phenoxy) is 1. The molecule has 0 radical (unpaired) electrons. The number of hydrogen-bond acceptors (Lipinski definition) is 4. The molecule has 20 heavy (non-hydrogen) atoms. The molecule has 0 aliphatic heterocycles. The molecule has 1 heterocycles. The second kappa shape index (κ2) is 7.22. The molecule has 0 aliphatic carbocycles. The van der Waals surface area contributed by atoms with Crippen molar-refractivity contribution >= 4 is 17.3 Å². The first kappa shape index (κ1) is 14.8. The van der Waals surface area contributed by atoms with Gasteiger partial charge in [-0.1, -0.05) is 36.4 Å². The quantitative estimate of drug-likeness (QED) is 0.763. The summed E-state index contributed by atoms with van der Waals surface area (Å²) in [5.74, 6) is -0.236. The van der Waals surface area contributed by atoms with Crippen molar-refractivity contribution in [2.24, 2.45) is 0 Å². The summed E-state index contributed by atoms with van der Waals surface area (Å²) in [4.78, 5) is 14.6. The summed E-state index contributed by atoms with van der Waals surface area (Å²) in [6.07, 6.45) is -0.127. The van der Waals surface area contributed by atoms with Crippen molar-refractivity contribution in [2.75, 3.05) is 13.6 Å².